The van der Waals surface area contributed by atoms with Gasteiger partial charge < -0.3 is 14.4 Å². The van der Waals surface area contributed by atoms with Crippen molar-refractivity contribution in [1.82, 2.24) is 19.7 Å². The Balaban J connectivity index is 1.38. The van der Waals surface area contributed by atoms with Gasteiger partial charge in [0.15, 0.2) is 17.3 Å². The number of carbonyl (C=O) groups is 1. The maximum atomic E-state index is 13.2. The van der Waals surface area contributed by atoms with Crippen LogP contribution in [0.1, 0.15) is 41.2 Å². The van der Waals surface area contributed by atoms with Crippen LogP contribution in [0.25, 0.3) is 5.82 Å². The summed E-state index contributed by atoms with van der Waals surface area (Å²) in [6.45, 7) is 2.05. The largest absolute Gasteiger partial charge is 0.490 e. The average Bonchev–Trinajstić information content (AvgIpc) is 3.42. The van der Waals surface area contributed by atoms with Crippen LogP contribution in [0.2, 0.25) is 0 Å². The molecule has 1 aromatic carbocycles. The van der Waals surface area contributed by atoms with Crippen molar-refractivity contribution in [3.8, 4) is 17.3 Å². The summed E-state index contributed by atoms with van der Waals surface area (Å²) >= 11 is 0. The molecule has 2 aromatic heterocycles. The number of hydrogen-bond donors (Lipinski definition) is 0. The van der Waals surface area contributed by atoms with Crippen molar-refractivity contribution in [1.29, 1.82) is 0 Å². The minimum Gasteiger partial charge on any atom is -0.490 e. The molecule has 3 aromatic rings. The van der Waals surface area contributed by atoms with Crippen LogP contribution in [0, 0.1) is 0 Å². The molecule has 1 atom stereocenters. The van der Waals surface area contributed by atoms with Crippen molar-refractivity contribution < 1.29 is 14.3 Å². The molecule has 4 heterocycles. The van der Waals surface area contributed by atoms with Gasteiger partial charge in [-0.2, -0.15) is 5.10 Å². The fraction of sp³-hybridized carbons (Fsp3) is 0.318. The second-order valence-electron chi connectivity index (χ2n) is 7.27. The number of ether oxygens (including phenoxy) is 2. The maximum Gasteiger partial charge on any atom is 0.255 e. The Bertz CT molecular complexity index is 1000. The number of rotatable bonds is 3. The van der Waals surface area contributed by atoms with E-state index in [0.29, 0.717) is 24.6 Å². The first-order valence-corrected chi connectivity index (χ1v) is 9.96. The van der Waals surface area contributed by atoms with Gasteiger partial charge in [0.05, 0.1) is 24.8 Å². The van der Waals surface area contributed by atoms with Crippen LogP contribution in [-0.2, 0) is 0 Å². The standard InChI is InChI=1S/C22H22N4O3/c27-22(17-6-8-21(23-15-17)26-11-2-9-24-26)25-10-1-4-18(25)16-5-7-19-20(14-16)29-13-3-12-28-19/h2,5-9,11,14-15,18H,1,3-4,10,12-13H2. The Morgan fingerprint density at radius 2 is 1.97 bits per heavy atom. The minimum atomic E-state index is -0.000809. The van der Waals surface area contributed by atoms with Crippen molar-refractivity contribution >= 4 is 5.91 Å². The van der Waals surface area contributed by atoms with Gasteiger partial charge in [0.1, 0.15) is 0 Å². The summed E-state index contributed by atoms with van der Waals surface area (Å²) in [6, 6.07) is 11.5. The lowest BCUT2D eigenvalue weighted by atomic mass is 10.0. The molecule has 1 unspecified atom stereocenters. The molecule has 2 aliphatic rings. The first kappa shape index (κ1) is 17.7. The van der Waals surface area contributed by atoms with Crippen LogP contribution >= 0.6 is 0 Å². The monoisotopic (exact) mass is 390 g/mol. The Morgan fingerprint density at radius 1 is 1.07 bits per heavy atom. The SMILES string of the molecule is O=C(c1ccc(-n2cccn2)nc1)N1CCCC1c1ccc2c(c1)OCCCO2. The van der Waals surface area contributed by atoms with Crippen molar-refractivity contribution in [2.45, 2.75) is 25.3 Å². The molecule has 1 amide bonds. The zero-order valence-corrected chi connectivity index (χ0v) is 16.0. The second-order valence-corrected chi connectivity index (χ2v) is 7.27. The van der Waals surface area contributed by atoms with Crippen LogP contribution in [0.4, 0.5) is 0 Å². The number of benzene rings is 1. The number of hydrogen-bond acceptors (Lipinski definition) is 5. The molecule has 7 nitrogen and oxygen atoms in total. The molecular weight excluding hydrogens is 368 g/mol. The average molecular weight is 390 g/mol. The van der Waals surface area contributed by atoms with E-state index in [1.807, 2.05) is 47.5 Å². The third kappa shape index (κ3) is 3.44. The third-order valence-corrected chi connectivity index (χ3v) is 5.40. The van der Waals surface area contributed by atoms with E-state index in [1.54, 1.807) is 17.1 Å². The van der Waals surface area contributed by atoms with Crippen LogP contribution in [0.15, 0.2) is 55.0 Å². The van der Waals surface area contributed by atoms with E-state index in [1.165, 1.54) is 0 Å². The van der Waals surface area contributed by atoms with Crippen molar-refractivity contribution in [3.05, 3.63) is 66.1 Å². The molecule has 0 spiro atoms. The van der Waals surface area contributed by atoms with E-state index in [2.05, 4.69) is 10.1 Å². The molecule has 29 heavy (non-hydrogen) atoms. The molecule has 7 heteroatoms. The van der Waals surface area contributed by atoms with Crippen molar-refractivity contribution in [2.75, 3.05) is 19.8 Å². The normalized spacial score (nSPS) is 18.5. The highest BCUT2D eigenvalue weighted by Gasteiger charge is 2.31. The van der Waals surface area contributed by atoms with Gasteiger partial charge in [-0.15, -0.1) is 0 Å². The Morgan fingerprint density at radius 3 is 2.76 bits per heavy atom. The lowest BCUT2D eigenvalue weighted by Crippen LogP contribution is -2.30. The summed E-state index contributed by atoms with van der Waals surface area (Å²) in [5.74, 6) is 2.23. The molecule has 5 rings (SSSR count). The highest BCUT2D eigenvalue weighted by atomic mass is 16.5. The first-order valence-electron chi connectivity index (χ1n) is 9.96. The van der Waals surface area contributed by atoms with E-state index in [0.717, 1.165) is 42.9 Å². The molecule has 0 saturated carbocycles. The zero-order valence-electron chi connectivity index (χ0n) is 16.0. The van der Waals surface area contributed by atoms with Gasteiger partial charge >= 0.3 is 0 Å². The summed E-state index contributed by atoms with van der Waals surface area (Å²) in [5.41, 5.74) is 1.67. The zero-order chi connectivity index (χ0) is 19.6. The van der Waals surface area contributed by atoms with E-state index >= 15 is 0 Å². The number of carbonyl (C=O) groups excluding carboxylic acids is 1. The van der Waals surface area contributed by atoms with Gasteiger partial charge in [-0.25, -0.2) is 9.67 Å². The molecule has 0 aliphatic carbocycles. The Labute approximate surface area is 168 Å². The first-order chi connectivity index (χ1) is 14.3. The summed E-state index contributed by atoms with van der Waals surface area (Å²) in [4.78, 5) is 19.5. The van der Waals surface area contributed by atoms with E-state index in [9.17, 15) is 4.79 Å². The predicted molar refractivity (Wildman–Crippen MR) is 106 cm³/mol. The Hall–Kier alpha value is -3.35. The topological polar surface area (TPSA) is 69.5 Å². The van der Waals surface area contributed by atoms with Crippen molar-refractivity contribution in [3.63, 3.8) is 0 Å². The number of amides is 1. The smallest absolute Gasteiger partial charge is 0.255 e. The third-order valence-electron chi connectivity index (χ3n) is 5.40. The predicted octanol–water partition coefficient (Wildman–Crippen LogP) is 3.41. The van der Waals surface area contributed by atoms with Gasteiger partial charge in [-0.3, -0.25) is 4.79 Å². The molecule has 148 valence electrons. The van der Waals surface area contributed by atoms with E-state index < -0.39 is 0 Å². The highest BCUT2D eigenvalue weighted by Crippen LogP contribution is 2.38. The highest BCUT2D eigenvalue weighted by molar-refractivity contribution is 5.94. The molecule has 2 aliphatic heterocycles. The quantitative estimate of drug-likeness (QED) is 0.686. The second kappa shape index (κ2) is 7.58. The molecular formula is C22H22N4O3. The summed E-state index contributed by atoms with van der Waals surface area (Å²) in [6.07, 6.45) is 7.94. The maximum absolute atomic E-state index is 13.2. The summed E-state index contributed by atoms with van der Waals surface area (Å²) < 4.78 is 13.2. The number of pyridine rings is 1. The van der Waals surface area contributed by atoms with Crippen LogP contribution in [-0.4, -0.2) is 45.3 Å². The fourth-order valence-corrected chi connectivity index (χ4v) is 3.96. The van der Waals surface area contributed by atoms with Gasteiger partial charge in [0, 0.05) is 31.6 Å². The van der Waals surface area contributed by atoms with Gasteiger partial charge in [-0.05, 0) is 48.7 Å². The molecule has 1 fully saturated rings. The van der Waals surface area contributed by atoms with E-state index in [4.69, 9.17) is 9.47 Å². The summed E-state index contributed by atoms with van der Waals surface area (Å²) in [7, 11) is 0. The molecule has 0 N–H and O–H groups in total. The molecule has 0 radical (unpaired) electrons. The number of fused-ring (bicyclic) bond motifs is 1. The molecule has 0 bridgehead atoms. The van der Waals surface area contributed by atoms with Gasteiger partial charge in [-0.1, -0.05) is 6.07 Å². The Kier molecular flexibility index (Phi) is 4.63. The van der Waals surface area contributed by atoms with Gasteiger partial charge in [0.25, 0.3) is 5.91 Å². The van der Waals surface area contributed by atoms with Crippen LogP contribution in [0.3, 0.4) is 0 Å². The van der Waals surface area contributed by atoms with Gasteiger partial charge in [0.2, 0.25) is 0 Å². The number of likely N-dealkylation sites (tertiary alicyclic amines) is 1. The lowest BCUT2D eigenvalue weighted by Gasteiger charge is -2.25. The van der Waals surface area contributed by atoms with E-state index in [-0.39, 0.29) is 11.9 Å². The summed E-state index contributed by atoms with van der Waals surface area (Å²) in [5, 5.41) is 4.17. The van der Waals surface area contributed by atoms with Crippen LogP contribution in [0.5, 0.6) is 11.5 Å². The lowest BCUT2D eigenvalue weighted by molar-refractivity contribution is 0.0735. The van der Waals surface area contributed by atoms with Crippen LogP contribution < -0.4 is 9.47 Å². The molecule has 1 saturated heterocycles. The minimum absolute atomic E-state index is 0.000809. The van der Waals surface area contributed by atoms with Crippen molar-refractivity contribution in [2.24, 2.45) is 0 Å². The number of aromatic nitrogens is 3. The number of nitrogens with zero attached hydrogens (tertiary/aromatic N) is 4. The fourth-order valence-electron chi connectivity index (χ4n) is 3.96.